The summed E-state index contributed by atoms with van der Waals surface area (Å²) in [6, 6.07) is 16.4. The van der Waals surface area contributed by atoms with Crippen molar-refractivity contribution in [2.45, 2.75) is 50.7 Å². The molecule has 35 heavy (non-hydrogen) atoms. The van der Waals surface area contributed by atoms with Gasteiger partial charge in [0.05, 0.1) is 12.7 Å². The molecule has 3 aliphatic rings. The number of nitrogens with one attached hydrogen (secondary N) is 1. The molecule has 2 saturated heterocycles. The van der Waals surface area contributed by atoms with Gasteiger partial charge in [-0.25, -0.2) is 8.78 Å². The number of ether oxygens (including phenoxy) is 1. The van der Waals surface area contributed by atoms with Gasteiger partial charge in [-0.05, 0) is 42.4 Å². The van der Waals surface area contributed by atoms with Crippen LogP contribution in [-0.2, 0) is 20.2 Å². The van der Waals surface area contributed by atoms with Gasteiger partial charge in [-0.1, -0.05) is 42.5 Å². The van der Waals surface area contributed by atoms with Gasteiger partial charge >= 0.3 is 0 Å². The Kier molecular flexibility index (Phi) is 6.73. The zero-order valence-electron chi connectivity index (χ0n) is 20.0. The Labute approximate surface area is 204 Å². The van der Waals surface area contributed by atoms with Gasteiger partial charge in [0.25, 0.3) is 5.92 Å². The summed E-state index contributed by atoms with van der Waals surface area (Å²) in [5.74, 6) is -2.31. The number of benzene rings is 2. The van der Waals surface area contributed by atoms with E-state index in [9.17, 15) is 18.4 Å². The van der Waals surface area contributed by atoms with E-state index < -0.39 is 5.92 Å². The molecule has 3 fully saturated rings. The number of alkyl halides is 2. The normalized spacial score (nSPS) is 28.4. The maximum Gasteiger partial charge on any atom is 0.270 e. The summed E-state index contributed by atoms with van der Waals surface area (Å²) >= 11 is 0. The van der Waals surface area contributed by atoms with Gasteiger partial charge < -0.3 is 10.1 Å². The van der Waals surface area contributed by atoms with Crippen LogP contribution in [0.1, 0.15) is 49.8 Å². The molecule has 1 aliphatic carbocycles. The predicted octanol–water partition coefficient (Wildman–Crippen LogP) is 5.18. The Bertz CT molecular complexity index is 1050. The minimum absolute atomic E-state index is 0.0581. The van der Waals surface area contributed by atoms with E-state index in [0.29, 0.717) is 23.6 Å². The van der Waals surface area contributed by atoms with E-state index in [-0.39, 0.29) is 42.1 Å². The number of rotatable bonds is 8. The highest BCUT2D eigenvalue weighted by Crippen LogP contribution is 2.53. The molecule has 7 heteroatoms. The van der Waals surface area contributed by atoms with E-state index in [0.717, 1.165) is 39.5 Å². The SMILES string of the molecule is CC(F)(F)c1cccc(NC(=O)CCC(=O)C2[C@H]3CN([C@H]4CC[C@@H](c5ccccc5)OC4)C[C@@H]23)c1. The number of nitrogens with zero attached hydrogens (tertiary/aromatic N) is 1. The molecule has 2 aliphatic heterocycles. The summed E-state index contributed by atoms with van der Waals surface area (Å²) < 4.78 is 33.2. The zero-order valence-corrected chi connectivity index (χ0v) is 20.0. The minimum atomic E-state index is -2.97. The number of carbonyl (C=O) groups is 2. The number of ketones is 1. The van der Waals surface area contributed by atoms with E-state index in [1.807, 2.05) is 18.2 Å². The molecule has 2 aromatic carbocycles. The fourth-order valence-corrected chi connectivity index (χ4v) is 5.79. The first-order chi connectivity index (χ1) is 16.8. The molecule has 5 atom stereocenters. The van der Waals surface area contributed by atoms with Gasteiger partial charge in [-0.3, -0.25) is 14.5 Å². The number of fused-ring (bicyclic) bond motifs is 1. The fraction of sp³-hybridized carbons (Fsp3) is 0.500. The highest BCUT2D eigenvalue weighted by Gasteiger charge is 2.59. The smallest absolute Gasteiger partial charge is 0.270 e. The van der Waals surface area contributed by atoms with Crippen LogP contribution in [0, 0.1) is 17.8 Å². The number of piperidine rings is 1. The van der Waals surface area contributed by atoms with Gasteiger partial charge in [0.1, 0.15) is 5.78 Å². The molecule has 1 saturated carbocycles. The van der Waals surface area contributed by atoms with Crippen LogP contribution in [0.15, 0.2) is 54.6 Å². The van der Waals surface area contributed by atoms with Crippen molar-refractivity contribution in [3.05, 3.63) is 65.7 Å². The van der Waals surface area contributed by atoms with Crippen LogP contribution < -0.4 is 5.32 Å². The molecule has 2 aromatic rings. The Balaban J connectivity index is 1.03. The second kappa shape index (κ2) is 9.78. The first kappa shape index (κ1) is 24.1. The highest BCUT2D eigenvalue weighted by atomic mass is 19.3. The zero-order chi connectivity index (χ0) is 24.6. The Morgan fingerprint density at radius 3 is 2.43 bits per heavy atom. The van der Waals surface area contributed by atoms with Crippen LogP contribution in [0.25, 0.3) is 0 Å². The van der Waals surface area contributed by atoms with Crippen LogP contribution >= 0.6 is 0 Å². The number of Topliss-reactive ketones (excluding diaryl/α,β-unsaturated/α-hetero) is 1. The predicted molar refractivity (Wildman–Crippen MR) is 129 cm³/mol. The van der Waals surface area contributed by atoms with Gasteiger partial charge in [0, 0.05) is 56.1 Å². The maximum absolute atomic E-state index is 13.5. The van der Waals surface area contributed by atoms with Crippen LogP contribution in [0.4, 0.5) is 14.5 Å². The lowest BCUT2D eigenvalue weighted by atomic mass is 9.98. The average Bonchev–Trinajstić information content (AvgIpc) is 3.36. The standard InChI is InChI=1S/C28H32F2N2O3/c1-28(29,30)19-8-5-9-20(14-19)31-26(34)13-11-24(33)27-22-15-32(16-23(22)27)21-10-12-25(35-17-21)18-6-3-2-4-7-18/h2-9,14,21-23,25,27H,10-13,15-17H2,1H3,(H,31,34)/t21-,22-,23+,25-,27?/m0/s1. The van der Waals surface area contributed by atoms with E-state index in [1.165, 1.54) is 23.8 Å². The number of anilines is 1. The third-order valence-electron chi connectivity index (χ3n) is 7.79. The molecule has 2 heterocycles. The monoisotopic (exact) mass is 482 g/mol. The largest absolute Gasteiger partial charge is 0.372 e. The van der Waals surface area contributed by atoms with Gasteiger partial charge in [0.15, 0.2) is 0 Å². The van der Waals surface area contributed by atoms with Crippen LogP contribution in [0.2, 0.25) is 0 Å². The molecule has 0 spiro atoms. The molecule has 1 amide bonds. The average molecular weight is 483 g/mol. The molecule has 5 nitrogen and oxygen atoms in total. The van der Waals surface area contributed by atoms with Crippen LogP contribution in [0.3, 0.4) is 0 Å². The summed E-state index contributed by atoms with van der Waals surface area (Å²) in [5, 5.41) is 2.64. The van der Waals surface area contributed by atoms with Gasteiger partial charge in [-0.15, -0.1) is 0 Å². The van der Waals surface area contributed by atoms with Crippen molar-refractivity contribution in [1.29, 1.82) is 0 Å². The van der Waals surface area contributed by atoms with Crippen molar-refractivity contribution in [3.8, 4) is 0 Å². The summed E-state index contributed by atoms with van der Waals surface area (Å²) in [6.45, 7) is 3.40. The van der Waals surface area contributed by atoms with Crippen LogP contribution in [0.5, 0.6) is 0 Å². The number of hydrogen-bond acceptors (Lipinski definition) is 4. The lowest BCUT2D eigenvalue weighted by Gasteiger charge is -2.36. The van der Waals surface area contributed by atoms with Crippen molar-refractivity contribution >= 4 is 17.4 Å². The maximum atomic E-state index is 13.5. The molecule has 186 valence electrons. The van der Waals surface area contributed by atoms with E-state index in [4.69, 9.17) is 4.74 Å². The topological polar surface area (TPSA) is 58.6 Å². The molecular weight excluding hydrogens is 450 g/mol. The van der Waals surface area contributed by atoms with Crippen molar-refractivity contribution in [1.82, 2.24) is 4.90 Å². The molecular formula is C28H32F2N2O3. The lowest BCUT2D eigenvalue weighted by molar-refractivity contribution is -0.124. The fourth-order valence-electron chi connectivity index (χ4n) is 5.79. The molecule has 0 aromatic heterocycles. The van der Waals surface area contributed by atoms with Crippen molar-refractivity contribution in [2.75, 3.05) is 25.0 Å². The molecule has 1 unspecified atom stereocenters. The van der Waals surface area contributed by atoms with E-state index in [2.05, 4.69) is 22.3 Å². The van der Waals surface area contributed by atoms with Crippen molar-refractivity contribution < 1.29 is 23.1 Å². The first-order valence-electron chi connectivity index (χ1n) is 12.5. The third kappa shape index (κ3) is 5.46. The quantitative estimate of drug-likeness (QED) is 0.563. The Morgan fingerprint density at radius 1 is 1.03 bits per heavy atom. The second-order valence-corrected chi connectivity index (χ2v) is 10.3. The van der Waals surface area contributed by atoms with Crippen molar-refractivity contribution in [3.63, 3.8) is 0 Å². The van der Waals surface area contributed by atoms with Gasteiger partial charge in [0.2, 0.25) is 5.91 Å². The Hall–Kier alpha value is -2.64. The van der Waals surface area contributed by atoms with E-state index >= 15 is 0 Å². The first-order valence-corrected chi connectivity index (χ1v) is 12.5. The minimum Gasteiger partial charge on any atom is -0.372 e. The summed E-state index contributed by atoms with van der Waals surface area (Å²) in [7, 11) is 0. The van der Waals surface area contributed by atoms with Gasteiger partial charge in [-0.2, -0.15) is 0 Å². The number of likely N-dealkylation sites (tertiary alicyclic amines) is 1. The molecule has 5 rings (SSSR count). The van der Waals surface area contributed by atoms with Crippen LogP contribution in [-0.4, -0.2) is 42.3 Å². The number of hydrogen-bond donors (Lipinski definition) is 1. The Morgan fingerprint density at radius 2 is 1.77 bits per heavy atom. The van der Waals surface area contributed by atoms with E-state index in [1.54, 1.807) is 6.07 Å². The molecule has 0 radical (unpaired) electrons. The number of carbonyl (C=O) groups excluding carboxylic acids is 2. The summed E-state index contributed by atoms with van der Waals surface area (Å²) in [6.07, 6.45) is 2.55. The molecule has 0 bridgehead atoms. The number of amides is 1. The lowest BCUT2D eigenvalue weighted by Crippen LogP contribution is -2.42. The number of halogens is 2. The highest BCUT2D eigenvalue weighted by molar-refractivity contribution is 5.94. The second-order valence-electron chi connectivity index (χ2n) is 10.3. The summed E-state index contributed by atoms with van der Waals surface area (Å²) in [4.78, 5) is 27.5. The van der Waals surface area contributed by atoms with Crippen molar-refractivity contribution in [2.24, 2.45) is 17.8 Å². The molecule has 1 N–H and O–H groups in total. The summed E-state index contributed by atoms with van der Waals surface area (Å²) in [5.41, 5.74) is 1.41. The third-order valence-corrected chi connectivity index (χ3v) is 7.79.